The largest absolute Gasteiger partial charge is 0.432 e. The highest BCUT2D eigenvalue weighted by molar-refractivity contribution is 5.77. The maximum absolute atomic E-state index is 11.6. The van der Waals surface area contributed by atoms with E-state index in [0.717, 1.165) is 0 Å². The smallest absolute Gasteiger partial charge is 0.316 e. The predicted molar refractivity (Wildman–Crippen MR) is 50.5 cm³/mol. The molecular weight excluding hydrogens is 184 g/mol. The number of carbonyl (C=O) groups excluding carboxylic acids is 1. The normalized spacial score (nSPS) is 34.1. The summed E-state index contributed by atoms with van der Waals surface area (Å²) in [4.78, 5) is 11.6. The molecule has 1 aliphatic heterocycles. The van der Waals surface area contributed by atoms with E-state index in [1.54, 1.807) is 20.8 Å². The molecule has 0 aliphatic carbocycles. The SMILES string of the molecule is CCC1(C)COC(C(C)(C)O)OC1=O. The molecule has 4 nitrogen and oxygen atoms in total. The lowest BCUT2D eigenvalue weighted by Gasteiger charge is -2.39. The summed E-state index contributed by atoms with van der Waals surface area (Å²) in [6, 6.07) is 0. The van der Waals surface area contributed by atoms with Gasteiger partial charge in [0.25, 0.3) is 0 Å². The highest BCUT2D eigenvalue weighted by Crippen LogP contribution is 2.31. The van der Waals surface area contributed by atoms with Crippen molar-refractivity contribution in [3.05, 3.63) is 0 Å². The van der Waals surface area contributed by atoms with Gasteiger partial charge in [0.15, 0.2) is 0 Å². The molecule has 1 heterocycles. The molecule has 14 heavy (non-hydrogen) atoms. The topological polar surface area (TPSA) is 55.8 Å². The second-order valence-corrected chi connectivity index (χ2v) is 4.62. The van der Waals surface area contributed by atoms with Crippen LogP contribution in [0.25, 0.3) is 0 Å². The van der Waals surface area contributed by atoms with Gasteiger partial charge in [-0.15, -0.1) is 0 Å². The molecule has 0 aromatic heterocycles. The highest BCUT2D eigenvalue weighted by atomic mass is 16.7. The van der Waals surface area contributed by atoms with E-state index in [1.807, 2.05) is 6.92 Å². The van der Waals surface area contributed by atoms with Crippen LogP contribution in [0.5, 0.6) is 0 Å². The van der Waals surface area contributed by atoms with Crippen LogP contribution in [0.3, 0.4) is 0 Å². The predicted octanol–water partition coefficient (Wildman–Crippen LogP) is 1.07. The minimum Gasteiger partial charge on any atom is -0.432 e. The Labute approximate surface area is 84.2 Å². The molecule has 1 N–H and O–H groups in total. The Hall–Kier alpha value is -0.610. The van der Waals surface area contributed by atoms with E-state index >= 15 is 0 Å². The molecule has 1 aliphatic rings. The Morgan fingerprint density at radius 1 is 1.64 bits per heavy atom. The summed E-state index contributed by atoms with van der Waals surface area (Å²) in [5.74, 6) is -0.293. The number of rotatable bonds is 2. The lowest BCUT2D eigenvalue weighted by molar-refractivity contribution is -0.265. The highest BCUT2D eigenvalue weighted by Gasteiger charge is 2.44. The molecule has 0 spiro atoms. The van der Waals surface area contributed by atoms with Crippen LogP contribution in [0.1, 0.15) is 34.1 Å². The van der Waals surface area contributed by atoms with Crippen LogP contribution >= 0.6 is 0 Å². The van der Waals surface area contributed by atoms with Crippen LogP contribution in [0.4, 0.5) is 0 Å². The monoisotopic (exact) mass is 202 g/mol. The third-order valence-electron chi connectivity index (χ3n) is 2.62. The zero-order chi connectivity index (χ0) is 11.0. The fraction of sp³-hybridized carbons (Fsp3) is 0.900. The summed E-state index contributed by atoms with van der Waals surface area (Å²) in [6.45, 7) is 7.13. The first-order valence-corrected chi connectivity index (χ1v) is 4.84. The van der Waals surface area contributed by atoms with E-state index in [-0.39, 0.29) is 5.97 Å². The summed E-state index contributed by atoms with van der Waals surface area (Å²) in [7, 11) is 0. The van der Waals surface area contributed by atoms with Gasteiger partial charge in [-0.3, -0.25) is 4.79 Å². The maximum atomic E-state index is 11.6. The third-order valence-corrected chi connectivity index (χ3v) is 2.62. The molecule has 0 amide bonds. The van der Waals surface area contributed by atoms with E-state index in [9.17, 15) is 9.90 Å². The first-order chi connectivity index (χ1) is 6.29. The molecule has 0 aromatic carbocycles. The number of hydrogen-bond acceptors (Lipinski definition) is 4. The van der Waals surface area contributed by atoms with Gasteiger partial charge < -0.3 is 14.6 Å². The number of hydrogen-bond donors (Lipinski definition) is 1. The molecule has 4 heteroatoms. The standard InChI is InChI=1S/C10H18O4/c1-5-10(4)6-13-8(9(2,3)12)14-7(10)11/h8,12H,5-6H2,1-4H3. The van der Waals surface area contributed by atoms with Crippen molar-refractivity contribution < 1.29 is 19.4 Å². The second-order valence-electron chi connectivity index (χ2n) is 4.62. The fourth-order valence-electron chi connectivity index (χ4n) is 1.19. The molecule has 0 aromatic rings. The van der Waals surface area contributed by atoms with Gasteiger partial charge in [-0.25, -0.2) is 0 Å². The molecule has 1 fully saturated rings. The summed E-state index contributed by atoms with van der Waals surface area (Å²) in [5, 5.41) is 9.60. The minimum atomic E-state index is -1.15. The Morgan fingerprint density at radius 3 is 2.57 bits per heavy atom. The zero-order valence-electron chi connectivity index (χ0n) is 9.16. The van der Waals surface area contributed by atoms with Gasteiger partial charge in [-0.2, -0.15) is 0 Å². The molecule has 82 valence electrons. The average Bonchev–Trinajstić information content (AvgIpc) is 2.08. The van der Waals surface area contributed by atoms with Crippen molar-refractivity contribution in [1.82, 2.24) is 0 Å². The van der Waals surface area contributed by atoms with Crippen LogP contribution in [-0.2, 0) is 14.3 Å². The van der Waals surface area contributed by atoms with E-state index < -0.39 is 17.3 Å². The second kappa shape index (κ2) is 3.51. The van der Waals surface area contributed by atoms with Crippen molar-refractivity contribution in [2.24, 2.45) is 5.41 Å². The van der Waals surface area contributed by atoms with Crippen molar-refractivity contribution in [2.45, 2.75) is 46.0 Å². The van der Waals surface area contributed by atoms with Crippen LogP contribution in [0, 0.1) is 5.41 Å². The van der Waals surface area contributed by atoms with Crippen LogP contribution in [0.15, 0.2) is 0 Å². The van der Waals surface area contributed by atoms with E-state index in [4.69, 9.17) is 9.47 Å². The Bertz CT molecular complexity index is 231. The van der Waals surface area contributed by atoms with E-state index in [0.29, 0.717) is 13.0 Å². The lowest BCUT2D eigenvalue weighted by atomic mass is 9.88. The first kappa shape index (κ1) is 11.5. The Kier molecular flexibility index (Phi) is 2.88. The number of aliphatic hydroxyl groups is 1. The number of carbonyl (C=O) groups is 1. The molecule has 0 saturated carbocycles. The quantitative estimate of drug-likeness (QED) is 0.680. The average molecular weight is 202 g/mol. The summed E-state index contributed by atoms with van der Waals surface area (Å²) < 4.78 is 10.4. The molecule has 2 atom stereocenters. The van der Waals surface area contributed by atoms with Crippen molar-refractivity contribution in [1.29, 1.82) is 0 Å². The van der Waals surface area contributed by atoms with Crippen molar-refractivity contribution in [3.63, 3.8) is 0 Å². The van der Waals surface area contributed by atoms with Gasteiger partial charge in [0.2, 0.25) is 6.29 Å². The first-order valence-electron chi connectivity index (χ1n) is 4.84. The molecule has 2 unspecified atom stereocenters. The van der Waals surface area contributed by atoms with Gasteiger partial charge in [0.05, 0.1) is 12.0 Å². The maximum Gasteiger partial charge on any atom is 0.316 e. The van der Waals surface area contributed by atoms with Gasteiger partial charge >= 0.3 is 5.97 Å². The Balaban J connectivity index is 2.69. The Morgan fingerprint density at radius 2 is 2.21 bits per heavy atom. The van der Waals surface area contributed by atoms with E-state index in [1.165, 1.54) is 0 Å². The minimum absolute atomic E-state index is 0.293. The van der Waals surface area contributed by atoms with Gasteiger partial charge in [-0.05, 0) is 27.2 Å². The lowest BCUT2D eigenvalue weighted by Crippen LogP contribution is -2.51. The van der Waals surface area contributed by atoms with Crippen LogP contribution < -0.4 is 0 Å². The molecule has 1 saturated heterocycles. The molecule has 0 radical (unpaired) electrons. The molecule has 1 rings (SSSR count). The third kappa shape index (κ3) is 2.07. The number of cyclic esters (lactones) is 1. The number of esters is 1. The zero-order valence-corrected chi connectivity index (χ0v) is 9.16. The van der Waals surface area contributed by atoms with Crippen LogP contribution in [0.2, 0.25) is 0 Å². The molecule has 0 bridgehead atoms. The summed E-state index contributed by atoms with van der Waals surface area (Å²) in [5.41, 5.74) is -1.72. The molecular formula is C10H18O4. The number of ether oxygens (including phenoxy) is 2. The summed E-state index contributed by atoms with van der Waals surface area (Å²) in [6.07, 6.45) is -0.181. The summed E-state index contributed by atoms with van der Waals surface area (Å²) >= 11 is 0. The van der Waals surface area contributed by atoms with Gasteiger partial charge in [0.1, 0.15) is 5.60 Å². The van der Waals surface area contributed by atoms with E-state index in [2.05, 4.69) is 0 Å². The van der Waals surface area contributed by atoms with Crippen molar-refractivity contribution in [2.75, 3.05) is 6.61 Å². The van der Waals surface area contributed by atoms with Crippen molar-refractivity contribution >= 4 is 5.97 Å². The fourth-order valence-corrected chi connectivity index (χ4v) is 1.19. The van der Waals surface area contributed by atoms with Crippen LogP contribution in [-0.4, -0.2) is 29.6 Å². The van der Waals surface area contributed by atoms with Crippen molar-refractivity contribution in [3.8, 4) is 0 Å². The van der Waals surface area contributed by atoms with Gasteiger partial charge in [0, 0.05) is 0 Å². The van der Waals surface area contributed by atoms with Gasteiger partial charge in [-0.1, -0.05) is 6.92 Å².